The molecule has 6 nitrogen and oxygen atoms in total. The molecule has 2 amide bonds. The van der Waals surface area contributed by atoms with Crippen molar-refractivity contribution in [3.05, 3.63) is 78.4 Å². The van der Waals surface area contributed by atoms with Crippen molar-refractivity contribution in [2.45, 2.75) is 13.3 Å². The van der Waals surface area contributed by atoms with Gasteiger partial charge in [0.15, 0.2) is 6.73 Å². The molecule has 168 valence electrons. The predicted molar refractivity (Wildman–Crippen MR) is 126 cm³/mol. The average molecular weight is 443 g/mol. The van der Waals surface area contributed by atoms with E-state index in [2.05, 4.69) is 0 Å². The van der Waals surface area contributed by atoms with Crippen LogP contribution in [0.15, 0.2) is 72.8 Å². The SMILES string of the molecule is CC(=O)N1CCC(COc2ccc(N3COc4cc(-c5ccccc5)ccc4C3=O)cc2)C1. The summed E-state index contributed by atoms with van der Waals surface area (Å²) in [5.41, 5.74) is 3.41. The summed E-state index contributed by atoms with van der Waals surface area (Å²) >= 11 is 0. The fourth-order valence-electron chi connectivity index (χ4n) is 4.35. The van der Waals surface area contributed by atoms with Crippen molar-refractivity contribution < 1.29 is 19.1 Å². The molecule has 0 aromatic heterocycles. The van der Waals surface area contributed by atoms with Gasteiger partial charge in [-0.1, -0.05) is 36.4 Å². The van der Waals surface area contributed by atoms with E-state index in [0.717, 1.165) is 42.1 Å². The van der Waals surface area contributed by atoms with Gasteiger partial charge in [0, 0.05) is 31.6 Å². The Kier molecular flexibility index (Phi) is 5.73. The van der Waals surface area contributed by atoms with Gasteiger partial charge in [0.25, 0.3) is 5.91 Å². The molecule has 2 aliphatic rings. The van der Waals surface area contributed by atoms with Gasteiger partial charge in [0.05, 0.1) is 12.2 Å². The number of amides is 2. The molecule has 6 heteroatoms. The second-order valence-corrected chi connectivity index (χ2v) is 8.51. The van der Waals surface area contributed by atoms with Gasteiger partial charge in [-0.25, -0.2) is 0 Å². The summed E-state index contributed by atoms with van der Waals surface area (Å²) in [4.78, 5) is 28.1. The van der Waals surface area contributed by atoms with Crippen molar-refractivity contribution in [3.8, 4) is 22.6 Å². The van der Waals surface area contributed by atoms with Gasteiger partial charge < -0.3 is 14.4 Å². The summed E-state index contributed by atoms with van der Waals surface area (Å²) in [6, 6.07) is 23.2. The maximum atomic E-state index is 13.1. The van der Waals surface area contributed by atoms with Crippen molar-refractivity contribution in [2.24, 2.45) is 5.92 Å². The first kappa shape index (κ1) is 21.1. The number of rotatable bonds is 5. The van der Waals surface area contributed by atoms with Gasteiger partial charge in [-0.15, -0.1) is 0 Å². The van der Waals surface area contributed by atoms with Crippen molar-refractivity contribution in [3.63, 3.8) is 0 Å². The number of likely N-dealkylation sites (tertiary alicyclic amines) is 1. The maximum absolute atomic E-state index is 13.1. The topological polar surface area (TPSA) is 59.1 Å². The average Bonchev–Trinajstić information content (AvgIpc) is 3.33. The molecule has 5 rings (SSSR count). The molecule has 1 saturated heterocycles. The van der Waals surface area contributed by atoms with Crippen LogP contribution in [-0.2, 0) is 4.79 Å². The lowest BCUT2D eigenvalue weighted by Crippen LogP contribution is -2.38. The first-order chi connectivity index (χ1) is 16.1. The molecule has 0 bridgehead atoms. The molecule has 1 atom stereocenters. The fourth-order valence-corrected chi connectivity index (χ4v) is 4.35. The third-order valence-corrected chi connectivity index (χ3v) is 6.28. The highest BCUT2D eigenvalue weighted by Gasteiger charge is 2.27. The molecule has 33 heavy (non-hydrogen) atoms. The Bertz CT molecular complexity index is 1160. The number of anilines is 1. The van der Waals surface area contributed by atoms with Gasteiger partial charge >= 0.3 is 0 Å². The Hall–Kier alpha value is -3.80. The zero-order valence-electron chi connectivity index (χ0n) is 18.6. The Labute approximate surface area is 193 Å². The normalized spacial score (nSPS) is 17.5. The van der Waals surface area contributed by atoms with Gasteiger partial charge in [0.2, 0.25) is 5.91 Å². The van der Waals surface area contributed by atoms with E-state index in [0.29, 0.717) is 23.8 Å². The molecular weight excluding hydrogens is 416 g/mol. The van der Waals surface area contributed by atoms with E-state index < -0.39 is 0 Å². The van der Waals surface area contributed by atoms with Crippen LogP contribution in [-0.4, -0.2) is 43.1 Å². The number of hydrogen-bond donors (Lipinski definition) is 0. The lowest BCUT2D eigenvalue weighted by Gasteiger charge is -2.29. The zero-order chi connectivity index (χ0) is 22.8. The summed E-state index contributed by atoms with van der Waals surface area (Å²) in [5, 5.41) is 0. The lowest BCUT2D eigenvalue weighted by atomic mass is 10.0. The van der Waals surface area contributed by atoms with Gasteiger partial charge in [0.1, 0.15) is 11.5 Å². The second-order valence-electron chi connectivity index (χ2n) is 8.51. The Morgan fingerprint density at radius 2 is 1.82 bits per heavy atom. The summed E-state index contributed by atoms with van der Waals surface area (Å²) in [7, 11) is 0. The molecule has 0 N–H and O–H groups in total. The third-order valence-electron chi connectivity index (χ3n) is 6.28. The van der Waals surface area contributed by atoms with Crippen molar-refractivity contribution in [1.82, 2.24) is 4.90 Å². The Balaban J connectivity index is 1.24. The van der Waals surface area contributed by atoms with Gasteiger partial charge in [-0.3, -0.25) is 14.5 Å². The molecule has 0 spiro atoms. The number of benzene rings is 3. The highest BCUT2D eigenvalue weighted by Crippen LogP contribution is 2.33. The summed E-state index contributed by atoms with van der Waals surface area (Å²) < 4.78 is 11.9. The molecule has 0 aliphatic carbocycles. The minimum absolute atomic E-state index is 0.0835. The molecule has 0 saturated carbocycles. The number of fused-ring (bicyclic) bond motifs is 1. The fraction of sp³-hybridized carbons (Fsp3) is 0.259. The Morgan fingerprint density at radius 3 is 2.55 bits per heavy atom. The quantitative estimate of drug-likeness (QED) is 0.580. The van der Waals surface area contributed by atoms with E-state index in [9.17, 15) is 9.59 Å². The molecule has 0 radical (unpaired) electrons. The van der Waals surface area contributed by atoms with Crippen molar-refractivity contribution in [1.29, 1.82) is 0 Å². The van der Waals surface area contributed by atoms with Crippen LogP contribution in [0, 0.1) is 5.92 Å². The van der Waals surface area contributed by atoms with Crippen LogP contribution in [0.5, 0.6) is 11.5 Å². The molecule has 3 aromatic carbocycles. The van der Waals surface area contributed by atoms with Crippen LogP contribution >= 0.6 is 0 Å². The van der Waals surface area contributed by atoms with E-state index in [1.807, 2.05) is 77.7 Å². The molecule has 3 aromatic rings. The Morgan fingerprint density at radius 1 is 1.03 bits per heavy atom. The monoisotopic (exact) mass is 442 g/mol. The summed E-state index contributed by atoms with van der Waals surface area (Å²) in [6.07, 6.45) is 0.961. The van der Waals surface area contributed by atoms with Gasteiger partial charge in [-0.2, -0.15) is 0 Å². The predicted octanol–water partition coefficient (Wildman–Crippen LogP) is 4.60. The van der Waals surface area contributed by atoms with E-state index in [-0.39, 0.29) is 18.5 Å². The van der Waals surface area contributed by atoms with Crippen LogP contribution in [0.2, 0.25) is 0 Å². The van der Waals surface area contributed by atoms with E-state index >= 15 is 0 Å². The minimum Gasteiger partial charge on any atom is -0.493 e. The van der Waals surface area contributed by atoms with Crippen LogP contribution in [0.1, 0.15) is 23.7 Å². The largest absolute Gasteiger partial charge is 0.493 e. The van der Waals surface area contributed by atoms with E-state index in [4.69, 9.17) is 9.47 Å². The van der Waals surface area contributed by atoms with Crippen molar-refractivity contribution in [2.75, 3.05) is 31.3 Å². The van der Waals surface area contributed by atoms with E-state index in [1.165, 1.54) is 0 Å². The smallest absolute Gasteiger partial charge is 0.264 e. The summed E-state index contributed by atoms with van der Waals surface area (Å²) in [6.45, 7) is 3.89. The molecule has 2 aliphatic heterocycles. The number of hydrogen-bond acceptors (Lipinski definition) is 4. The number of carbonyl (C=O) groups excluding carboxylic acids is 2. The zero-order valence-corrected chi connectivity index (χ0v) is 18.6. The molecule has 1 fully saturated rings. The highest BCUT2D eigenvalue weighted by atomic mass is 16.5. The minimum atomic E-state index is -0.0835. The van der Waals surface area contributed by atoms with Crippen LogP contribution in [0.4, 0.5) is 5.69 Å². The number of ether oxygens (including phenoxy) is 2. The molecular formula is C27H26N2O4. The highest BCUT2D eigenvalue weighted by molar-refractivity contribution is 6.09. The second kappa shape index (κ2) is 8.98. The first-order valence-electron chi connectivity index (χ1n) is 11.2. The first-order valence-corrected chi connectivity index (χ1v) is 11.2. The van der Waals surface area contributed by atoms with Crippen LogP contribution in [0.3, 0.4) is 0 Å². The third kappa shape index (κ3) is 4.42. The molecule has 1 unspecified atom stereocenters. The standard InChI is InChI=1S/C27H26N2O4/c1-19(30)28-14-13-20(16-28)17-32-24-10-8-23(9-11-24)29-18-33-26-15-22(7-12-25(26)27(29)31)21-5-3-2-4-6-21/h2-12,15,20H,13-14,16-18H2,1H3. The van der Waals surface area contributed by atoms with Crippen LogP contribution < -0.4 is 14.4 Å². The lowest BCUT2D eigenvalue weighted by molar-refractivity contribution is -0.127. The van der Waals surface area contributed by atoms with Crippen molar-refractivity contribution >= 4 is 17.5 Å². The molecule has 2 heterocycles. The number of carbonyl (C=O) groups is 2. The van der Waals surface area contributed by atoms with E-state index in [1.54, 1.807) is 11.8 Å². The summed E-state index contributed by atoms with van der Waals surface area (Å²) in [5.74, 6) is 1.74. The number of nitrogens with zero attached hydrogens (tertiary/aromatic N) is 2. The maximum Gasteiger partial charge on any atom is 0.264 e. The van der Waals surface area contributed by atoms with Gasteiger partial charge in [-0.05, 0) is 53.9 Å². The van der Waals surface area contributed by atoms with Crippen LogP contribution in [0.25, 0.3) is 11.1 Å².